The lowest BCUT2D eigenvalue weighted by Crippen LogP contribution is -2.27. The lowest BCUT2D eigenvalue weighted by Gasteiger charge is -2.33. The van der Waals surface area contributed by atoms with Gasteiger partial charge in [0.15, 0.2) is 0 Å². The second-order valence-corrected chi connectivity index (χ2v) is 9.22. The molecule has 1 aliphatic rings. The van der Waals surface area contributed by atoms with Crippen molar-refractivity contribution < 1.29 is 9.59 Å². The summed E-state index contributed by atoms with van der Waals surface area (Å²) in [4.78, 5) is 25.6. The summed E-state index contributed by atoms with van der Waals surface area (Å²) in [5, 5.41) is 3.44. The zero-order valence-electron chi connectivity index (χ0n) is 16.0. The third-order valence-electron chi connectivity index (χ3n) is 5.20. The van der Waals surface area contributed by atoms with Gasteiger partial charge in [-0.3, -0.25) is 9.59 Å². The Morgan fingerprint density at radius 2 is 1.93 bits per heavy atom. The third kappa shape index (κ3) is 4.48. The van der Waals surface area contributed by atoms with E-state index in [1.807, 2.05) is 30.3 Å². The number of carbonyl (C=O) groups excluding carboxylic acids is 2. The molecule has 142 valence electrons. The SMILES string of the molecule is CC(C)(C)C1CCc2c(sc(NC(=O)/C=C/c3ccccc3)c2C(N)=O)C1. The number of rotatable bonds is 4. The second kappa shape index (κ2) is 7.69. The lowest BCUT2D eigenvalue weighted by molar-refractivity contribution is -0.111. The van der Waals surface area contributed by atoms with Gasteiger partial charge in [0.05, 0.1) is 5.56 Å². The van der Waals surface area contributed by atoms with Crippen LogP contribution in [0.5, 0.6) is 0 Å². The van der Waals surface area contributed by atoms with Crippen molar-refractivity contribution in [3.63, 3.8) is 0 Å². The number of hydrogen-bond donors (Lipinski definition) is 2. The second-order valence-electron chi connectivity index (χ2n) is 8.11. The zero-order chi connectivity index (χ0) is 19.6. The summed E-state index contributed by atoms with van der Waals surface area (Å²) in [6.07, 6.45) is 6.04. The molecular weight excluding hydrogens is 356 g/mol. The number of hydrogen-bond acceptors (Lipinski definition) is 3. The van der Waals surface area contributed by atoms with E-state index < -0.39 is 5.91 Å². The van der Waals surface area contributed by atoms with Crippen LogP contribution in [0.4, 0.5) is 5.00 Å². The number of nitrogens with one attached hydrogen (secondary N) is 1. The van der Waals surface area contributed by atoms with Gasteiger partial charge in [-0.15, -0.1) is 11.3 Å². The van der Waals surface area contributed by atoms with Gasteiger partial charge < -0.3 is 11.1 Å². The van der Waals surface area contributed by atoms with Crippen LogP contribution in [-0.4, -0.2) is 11.8 Å². The van der Waals surface area contributed by atoms with Crippen molar-refractivity contribution in [2.75, 3.05) is 5.32 Å². The maximum Gasteiger partial charge on any atom is 0.251 e. The van der Waals surface area contributed by atoms with Crippen LogP contribution in [0.3, 0.4) is 0 Å². The van der Waals surface area contributed by atoms with E-state index >= 15 is 0 Å². The lowest BCUT2D eigenvalue weighted by atomic mass is 9.72. The van der Waals surface area contributed by atoms with Crippen molar-refractivity contribution in [2.24, 2.45) is 17.1 Å². The van der Waals surface area contributed by atoms with Gasteiger partial charge in [0.1, 0.15) is 5.00 Å². The normalized spacial score (nSPS) is 16.9. The number of nitrogens with two attached hydrogens (primary N) is 1. The van der Waals surface area contributed by atoms with Crippen LogP contribution in [0.25, 0.3) is 6.08 Å². The Balaban J connectivity index is 1.82. The van der Waals surface area contributed by atoms with E-state index in [-0.39, 0.29) is 11.3 Å². The van der Waals surface area contributed by atoms with Crippen molar-refractivity contribution in [1.29, 1.82) is 0 Å². The predicted molar refractivity (Wildman–Crippen MR) is 112 cm³/mol. The molecule has 2 aromatic rings. The monoisotopic (exact) mass is 382 g/mol. The van der Waals surface area contributed by atoms with Crippen LogP contribution in [0.2, 0.25) is 0 Å². The summed E-state index contributed by atoms with van der Waals surface area (Å²) in [5.41, 5.74) is 8.32. The van der Waals surface area contributed by atoms with E-state index in [9.17, 15) is 9.59 Å². The van der Waals surface area contributed by atoms with E-state index in [1.165, 1.54) is 22.3 Å². The molecule has 27 heavy (non-hydrogen) atoms. The summed E-state index contributed by atoms with van der Waals surface area (Å²) in [5.74, 6) is -0.165. The van der Waals surface area contributed by atoms with Crippen molar-refractivity contribution in [3.8, 4) is 0 Å². The first-order chi connectivity index (χ1) is 12.8. The highest BCUT2D eigenvalue weighted by Gasteiger charge is 2.33. The minimum absolute atomic E-state index is 0.219. The fourth-order valence-electron chi connectivity index (χ4n) is 3.56. The molecule has 1 heterocycles. The number of amides is 2. The summed E-state index contributed by atoms with van der Waals surface area (Å²) >= 11 is 1.49. The van der Waals surface area contributed by atoms with Gasteiger partial charge in [-0.2, -0.15) is 0 Å². The quantitative estimate of drug-likeness (QED) is 0.756. The molecule has 1 aromatic heterocycles. The number of benzene rings is 1. The molecule has 5 heteroatoms. The van der Waals surface area contributed by atoms with Crippen LogP contribution >= 0.6 is 11.3 Å². The minimum Gasteiger partial charge on any atom is -0.365 e. The molecule has 3 N–H and O–H groups in total. The molecule has 2 amide bonds. The molecule has 1 atom stereocenters. The molecule has 0 radical (unpaired) electrons. The van der Waals surface area contributed by atoms with E-state index in [0.29, 0.717) is 16.5 Å². The van der Waals surface area contributed by atoms with Crippen molar-refractivity contribution >= 4 is 34.2 Å². The van der Waals surface area contributed by atoms with Gasteiger partial charge in [0.25, 0.3) is 5.91 Å². The standard InChI is InChI=1S/C22H26N2O2S/c1-22(2,3)15-10-11-16-17(13-15)27-21(19(16)20(23)26)24-18(25)12-9-14-7-5-4-6-8-14/h4-9,12,15H,10-11,13H2,1-3H3,(H2,23,26)(H,24,25)/b12-9+. The molecule has 3 rings (SSSR count). The number of primary amides is 1. The van der Waals surface area contributed by atoms with Crippen LogP contribution in [0.1, 0.15) is 53.6 Å². The van der Waals surface area contributed by atoms with Crippen molar-refractivity contribution in [3.05, 3.63) is 58.0 Å². The van der Waals surface area contributed by atoms with Crippen molar-refractivity contribution in [2.45, 2.75) is 40.0 Å². The van der Waals surface area contributed by atoms with Gasteiger partial charge in [0.2, 0.25) is 5.91 Å². The predicted octanol–water partition coefficient (Wildman–Crippen LogP) is 4.65. The minimum atomic E-state index is -0.468. The number of fused-ring (bicyclic) bond motifs is 1. The highest BCUT2D eigenvalue weighted by molar-refractivity contribution is 7.17. The Hall–Kier alpha value is -2.40. The molecule has 0 aliphatic heterocycles. The molecule has 0 saturated heterocycles. The first-order valence-electron chi connectivity index (χ1n) is 9.24. The smallest absolute Gasteiger partial charge is 0.251 e. The van der Waals surface area contributed by atoms with Crippen LogP contribution < -0.4 is 11.1 Å². The maximum absolute atomic E-state index is 12.4. The molecular formula is C22H26N2O2S. The highest BCUT2D eigenvalue weighted by Crippen LogP contribution is 2.44. The molecule has 0 spiro atoms. The average Bonchev–Trinajstić information content (AvgIpc) is 2.97. The van der Waals surface area contributed by atoms with Gasteiger partial charge in [-0.05, 0) is 47.8 Å². The first kappa shape index (κ1) is 19.4. The molecule has 1 aliphatic carbocycles. The van der Waals surface area contributed by atoms with Gasteiger partial charge >= 0.3 is 0 Å². The summed E-state index contributed by atoms with van der Waals surface area (Å²) in [6.45, 7) is 6.76. The fourth-order valence-corrected chi connectivity index (χ4v) is 4.90. The molecule has 0 bridgehead atoms. The Kier molecular flexibility index (Phi) is 5.51. The Morgan fingerprint density at radius 3 is 2.56 bits per heavy atom. The van der Waals surface area contributed by atoms with Gasteiger partial charge in [0, 0.05) is 11.0 Å². The van der Waals surface area contributed by atoms with E-state index in [2.05, 4.69) is 26.1 Å². The zero-order valence-corrected chi connectivity index (χ0v) is 16.9. The molecule has 1 unspecified atom stereocenters. The van der Waals surface area contributed by atoms with E-state index in [1.54, 1.807) is 6.08 Å². The summed E-state index contributed by atoms with van der Waals surface area (Å²) in [7, 11) is 0. The Labute approximate surface area is 164 Å². The van der Waals surface area contributed by atoms with Crippen LogP contribution in [-0.2, 0) is 17.6 Å². The molecule has 0 saturated carbocycles. The van der Waals surface area contributed by atoms with E-state index in [4.69, 9.17) is 5.73 Å². The van der Waals surface area contributed by atoms with Crippen LogP contribution in [0.15, 0.2) is 36.4 Å². The first-order valence-corrected chi connectivity index (χ1v) is 10.1. The molecule has 1 aromatic carbocycles. The maximum atomic E-state index is 12.4. The molecule has 0 fully saturated rings. The van der Waals surface area contributed by atoms with Gasteiger partial charge in [-0.1, -0.05) is 51.1 Å². The average molecular weight is 383 g/mol. The largest absolute Gasteiger partial charge is 0.365 e. The van der Waals surface area contributed by atoms with Crippen molar-refractivity contribution in [1.82, 2.24) is 0 Å². The summed E-state index contributed by atoms with van der Waals surface area (Å²) in [6, 6.07) is 9.62. The Bertz CT molecular complexity index is 876. The van der Waals surface area contributed by atoms with Crippen LogP contribution in [0, 0.1) is 11.3 Å². The van der Waals surface area contributed by atoms with E-state index in [0.717, 1.165) is 30.4 Å². The number of thiophene rings is 1. The number of carbonyl (C=O) groups is 2. The number of anilines is 1. The fraction of sp³-hybridized carbons (Fsp3) is 0.364. The highest BCUT2D eigenvalue weighted by atomic mass is 32.1. The Morgan fingerprint density at radius 1 is 1.22 bits per heavy atom. The third-order valence-corrected chi connectivity index (χ3v) is 6.37. The summed E-state index contributed by atoms with van der Waals surface area (Å²) < 4.78 is 0. The van der Waals surface area contributed by atoms with Gasteiger partial charge in [-0.25, -0.2) is 0 Å². The topological polar surface area (TPSA) is 72.2 Å². The molecule has 4 nitrogen and oxygen atoms in total.